The predicted octanol–water partition coefficient (Wildman–Crippen LogP) is 2.82. The number of nitrogens with zero attached hydrogens (tertiary/aromatic N) is 1. The van der Waals surface area contributed by atoms with Crippen molar-refractivity contribution < 1.29 is 14.0 Å². The third kappa shape index (κ3) is 3.01. The number of hydrogen-bond acceptors (Lipinski definition) is 4. The van der Waals surface area contributed by atoms with Gasteiger partial charge in [0.2, 0.25) is 0 Å². The SMILES string of the molecule is CCC1(C)OB(C2=CCC(N3CCOCC3)CC2)OC1(C)C. The molecule has 3 rings (SSSR count). The lowest BCUT2D eigenvalue weighted by atomic mass is 9.71. The molecule has 3 aliphatic rings. The summed E-state index contributed by atoms with van der Waals surface area (Å²) >= 11 is 0. The summed E-state index contributed by atoms with van der Waals surface area (Å²) in [5.41, 5.74) is 0.920. The first kappa shape index (κ1) is 16.5. The van der Waals surface area contributed by atoms with Gasteiger partial charge < -0.3 is 14.0 Å². The van der Waals surface area contributed by atoms with Gasteiger partial charge in [-0.15, -0.1) is 0 Å². The standard InChI is InChI=1S/C17H30BNO3/c1-5-17(4)16(2,3)21-18(22-17)14-6-8-15(9-7-14)19-10-12-20-13-11-19/h6,15H,5,7-13H2,1-4H3. The Hall–Kier alpha value is -0.355. The highest BCUT2D eigenvalue weighted by Gasteiger charge is 2.54. The lowest BCUT2D eigenvalue weighted by molar-refractivity contribution is -0.0118. The Morgan fingerprint density at radius 3 is 2.50 bits per heavy atom. The van der Waals surface area contributed by atoms with E-state index in [4.69, 9.17) is 14.0 Å². The van der Waals surface area contributed by atoms with Crippen molar-refractivity contribution in [3.63, 3.8) is 0 Å². The van der Waals surface area contributed by atoms with Gasteiger partial charge in [-0.25, -0.2) is 0 Å². The van der Waals surface area contributed by atoms with Crippen LogP contribution in [0.2, 0.25) is 0 Å². The van der Waals surface area contributed by atoms with Crippen molar-refractivity contribution in [3.8, 4) is 0 Å². The molecule has 0 aromatic rings. The van der Waals surface area contributed by atoms with E-state index in [-0.39, 0.29) is 18.3 Å². The first-order valence-electron chi connectivity index (χ1n) is 8.81. The highest BCUT2D eigenvalue weighted by atomic mass is 16.7. The Morgan fingerprint density at radius 1 is 1.23 bits per heavy atom. The fraction of sp³-hybridized carbons (Fsp3) is 0.882. The molecule has 0 amide bonds. The summed E-state index contributed by atoms with van der Waals surface area (Å²) < 4.78 is 18.0. The molecule has 0 spiro atoms. The first-order chi connectivity index (χ1) is 10.5. The van der Waals surface area contributed by atoms with Crippen molar-refractivity contribution in [1.82, 2.24) is 4.90 Å². The van der Waals surface area contributed by atoms with Crippen LogP contribution in [-0.4, -0.2) is 55.6 Å². The predicted molar refractivity (Wildman–Crippen MR) is 88.8 cm³/mol. The van der Waals surface area contributed by atoms with Crippen LogP contribution >= 0.6 is 0 Å². The largest absolute Gasteiger partial charge is 0.490 e. The van der Waals surface area contributed by atoms with Crippen molar-refractivity contribution in [3.05, 3.63) is 11.5 Å². The van der Waals surface area contributed by atoms with E-state index < -0.39 is 0 Å². The highest BCUT2D eigenvalue weighted by molar-refractivity contribution is 6.54. The van der Waals surface area contributed by atoms with Crippen LogP contribution in [0.3, 0.4) is 0 Å². The maximum atomic E-state index is 6.31. The first-order valence-corrected chi connectivity index (χ1v) is 8.81. The maximum Gasteiger partial charge on any atom is 0.490 e. The van der Waals surface area contributed by atoms with Gasteiger partial charge in [-0.3, -0.25) is 4.90 Å². The summed E-state index contributed by atoms with van der Waals surface area (Å²) in [6, 6.07) is 0.666. The van der Waals surface area contributed by atoms with Gasteiger partial charge in [0.05, 0.1) is 24.4 Å². The molecule has 22 heavy (non-hydrogen) atoms. The third-order valence-corrected chi connectivity index (χ3v) is 6.00. The van der Waals surface area contributed by atoms with Crippen LogP contribution in [0, 0.1) is 0 Å². The van der Waals surface area contributed by atoms with Gasteiger partial charge in [0.1, 0.15) is 0 Å². The van der Waals surface area contributed by atoms with E-state index in [2.05, 4.69) is 38.7 Å². The Morgan fingerprint density at radius 2 is 1.95 bits per heavy atom. The summed E-state index contributed by atoms with van der Waals surface area (Å²) in [5, 5.41) is 0. The third-order valence-electron chi connectivity index (χ3n) is 6.00. The van der Waals surface area contributed by atoms with Gasteiger partial charge in [-0.2, -0.15) is 0 Å². The van der Waals surface area contributed by atoms with Crippen LogP contribution in [0.4, 0.5) is 0 Å². The molecule has 0 saturated carbocycles. The molecule has 2 unspecified atom stereocenters. The molecule has 0 N–H and O–H groups in total. The molecule has 2 aliphatic heterocycles. The minimum absolute atomic E-state index is 0.148. The molecule has 0 aromatic heterocycles. The fourth-order valence-electron chi connectivity index (χ4n) is 3.78. The number of rotatable bonds is 3. The lowest BCUT2D eigenvalue weighted by Gasteiger charge is -2.36. The number of hydrogen-bond donors (Lipinski definition) is 0. The van der Waals surface area contributed by atoms with Gasteiger partial charge in [-0.1, -0.05) is 13.0 Å². The summed E-state index contributed by atoms with van der Waals surface area (Å²) in [7, 11) is -0.148. The van der Waals surface area contributed by atoms with Gasteiger partial charge in [0.25, 0.3) is 0 Å². The van der Waals surface area contributed by atoms with Crippen molar-refractivity contribution in [2.24, 2.45) is 0 Å². The van der Waals surface area contributed by atoms with E-state index in [0.29, 0.717) is 6.04 Å². The summed E-state index contributed by atoms with van der Waals surface area (Å²) in [6.45, 7) is 12.6. The number of ether oxygens (including phenoxy) is 1. The van der Waals surface area contributed by atoms with Crippen molar-refractivity contribution >= 4 is 7.12 Å². The van der Waals surface area contributed by atoms with E-state index in [1.807, 2.05) is 0 Å². The molecule has 0 aromatic carbocycles. The zero-order valence-electron chi connectivity index (χ0n) is 14.6. The number of morpholine rings is 1. The second-order valence-electron chi connectivity index (χ2n) is 7.52. The van der Waals surface area contributed by atoms with E-state index in [1.165, 1.54) is 11.9 Å². The molecule has 2 atom stereocenters. The molecule has 0 bridgehead atoms. The van der Waals surface area contributed by atoms with E-state index in [0.717, 1.165) is 45.6 Å². The van der Waals surface area contributed by atoms with Gasteiger partial charge in [-0.05, 0) is 51.9 Å². The number of allylic oxidation sites excluding steroid dienone is 1. The van der Waals surface area contributed by atoms with Crippen LogP contribution in [0.5, 0.6) is 0 Å². The van der Waals surface area contributed by atoms with Gasteiger partial charge in [0, 0.05) is 19.1 Å². The second-order valence-corrected chi connectivity index (χ2v) is 7.52. The molecule has 2 saturated heterocycles. The molecular weight excluding hydrogens is 277 g/mol. The summed E-state index contributed by atoms with van der Waals surface area (Å²) in [4.78, 5) is 2.58. The monoisotopic (exact) mass is 307 g/mol. The molecule has 2 heterocycles. The van der Waals surface area contributed by atoms with Crippen molar-refractivity contribution in [1.29, 1.82) is 0 Å². The fourth-order valence-corrected chi connectivity index (χ4v) is 3.78. The molecular formula is C17H30BNO3. The summed E-state index contributed by atoms with van der Waals surface area (Å²) in [5.74, 6) is 0. The molecule has 2 fully saturated rings. The smallest absolute Gasteiger partial charge is 0.400 e. The van der Waals surface area contributed by atoms with Crippen molar-refractivity contribution in [2.75, 3.05) is 26.3 Å². The Labute approximate surface area is 135 Å². The average molecular weight is 307 g/mol. The average Bonchev–Trinajstić information content (AvgIpc) is 2.79. The van der Waals surface area contributed by atoms with E-state index >= 15 is 0 Å². The van der Waals surface area contributed by atoms with Crippen LogP contribution in [0.15, 0.2) is 11.5 Å². The normalized spacial score (nSPS) is 36.5. The van der Waals surface area contributed by atoms with E-state index in [1.54, 1.807) is 0 Å². The molecule has 4 nitrogen and oxygen atoms in total. The highest BCUT2D eigenvalue weighted by Crippen LogP contribution is 2.42. The van der Waals surface area contributed by atoms with E-state index in [9.17, 15) is 0 Å². The maximum absolute atomic E-state index is 6.31. The van der Waals surface area contributed by atoms with Crippen LogP contribution in [0.25, 0.3) is 0 Å². The summed E-state index contributed by atoms with van der Waals surface area (Å²) in [6.07, 6.45) is 6.74. The topological polar surface area (TPSA) is 30.9 Å². The minimum Gasteiger partial charge on any atom is -0.400 e. The molecule has 0 radical (unpaired) electrons. The zero-order chi connectivity index (χ0) is 15.8. The van der Waals surface area contributed by atoms with Gasteiger partial charge >= 0.3 is 7.12 Å². The zero-order valence-corrected chi connectivity index (χ0v) is 14.6. The van der Waals surface area contributed by atoms with Crippen LogP contribution < -0.4 is 0 Å². The quantitative estimate of drug-likeness (QED) is 0.750. The van der Waals surface area contributed by atoms with Gasteiger partial charge in [0.15, 0.2) is 0 Å². The Kier molecular flexibility index (Phi) is 4.70. The Balaban J connectivity index is 1.62. The molecule has 1 aliphatic carbocycles. The minimum atomic E-state index is -0.228. The Bertz CT molecular complexity index is 434. The molecule has 124 valence electrons. The van der Waals surface area contributed by atoms with Crippen molar-refractivity contribution in [2.45, 2.75) is 70.6 Å². The lowest BCUT2D eigenvalue weighted by Crippen LogP contribution is -2.44. The van der Waals surface area contributed by atoms with Crippen LogP contribution in [0.1, 0.15) is 53.4 Å². The van der Waals surface area contributed by atoms with Crippen LogP contribution in [-0.2, 0) is 14.0 Å². The molecule has 5 heteroatoms. The second kappa shape index (κ2) is 6.27.